The molecule has 4 heteroatoms. The predicted molar refractivity (Wildman–Crippen MR) is 81.6 cm³/mol. The Hall–Kier alpha value is -0.160. The number of aliphatic hydroxyl groups excluding tert-OH is 2. The number of hydrogen-bond donors (Lipinski definition) is 2. The Labute approximate surface area is 124 Å². The van der Waals surface area contributed by atoms with Crippen LogP contribution < -0.4 is 0 Å². The summed E-state index contributed by atoms with van der Waals surface area (Å²) in [6.07, 6.45) is 5.53. The van der Waals surface area contributed by atoms with E-state index in [4.69, 9.17) is 9.84 Å². The van der Waals surface area contributed by atoms with Crippen LogP contribution >= 0.6 is 0 Å². The Balaban J connectivity index is 2.33. The largest absolute Gasteiger partial charge is 0.396 e. The lowest BCUT2D eigenvalue weighted by molar-refractivity contribution is -0.134. The fourth-order valence-electron chi connectivity index (χ4n) is 3.44. The summed E-state index contributed by atoms with van der Waals surface area (Å²) in [6.45, 7) is 10.4. The van der Waals surface area contributed by atoms with Crippen molar-refractivity contribution in [3.05, 3.63) is 0 Å². The van der Waals surface area contributed by atoms with Gasteiger partial charge < -0.3 is 14.9 Å². The van der Waals surface area contributed by atoms with E-state index in [0.717, 1.165) is 45.1 Å². The van der Waals surface area contributed by atoms with Crippen LogP contribution in [0.2, 0.25) is 0 Å². The van der Waals surface area contributed by atoms with Gasteiger partial charge in [-0.15, -0.1) is 0 Å². The van der Waals surface area contributed by atoms with Crippen LogP contribution in [-0.2, 0) is 4.74 Å². The normalized spacial score (nSPS) is 23.1. The molecular formula is C16H33NO3. The van der Waals surface area contributed by atoms with E-state index >= 15 is 0 Å². The second kappa shape index (κ2) is 7.74. The number of unbranched alkanes of at least 4 members (excludes halogenated alkanes) is 3. The summed E-state index contributed by atoms with van der Waals surface area (Å²) in [5.74, 6) is 0. The van der Waals surface area contributed by atoms with Crippen molar-refractivity contribution in [1.82, 2.24) is 4.90 Å². The summed E-state index contributed by atoms with van der Waals surface area (Å²) in [5.41, 5.74) is -0.0594. The fourth-order valence-corrected chi connectivity index (χ4v) is 3.44. The van der Waals surface area contributed by atoms with Gasteiger partial charge in [0.05, 0.1) is 12.8 Å². The van der Waals surface area contributed by atoms with Crippen LogP contribution in [0.5, 0.6) is 0 Å². The molecule has 1 aliphatic rings. The molecule has 4 nitrogen and oxygen atoms in total. The third kappa shape index (κ3) is 5.32. The molecule has 1 heterocycles. The lowest BCUT2D eigenvalue weighted by atomic mass is 9.79. The zero-order valence-corrected chi connectivity index (χ0v) is 13.7. The van der Waals surface area contributed by atoms with Gasteiger partial charge >= 0.3 is 0 Å². The van der Waals surface area contributed by atoms with Crippen LogP contribution in [0.25, 0.3) is 0 Å². The zero-order chi connectivity index (χ0) is 15.2. The minimum atomic E-state index is -0.213. The first-order chi connectivity index (χ1) is 9.29. The molecule has 0 aromatic rings. The van der Waals surface area contributed by atoms with E-state index in [1.807, 2.05) is 0 Å². The molecule has 0 amide bonds. The first kappa shape index (κ1) is 17.9. The molecule has 1 saturated heterocycles. The van der Waals surface area contributed by atoms with Crippen LogP contribution in [-0.4, -0.2) is 52.2 Å². The lowest BCUT2D eigenvalue weighted by Crippen LogP contribution is -2.62. The van der Waals surface area contributed by atoms with Crippen molar-refractivity contribution < 1.29 is 14.9 Å². The van der Waals surface area contributed by atoms with E-state index in [2.05, 4.69) is 32.6 Å². The van der Waals surface area contributed by atoms with E-state index in [-0.39, 0.29) is 17.2 Å². The highest BCUT2D eigenvalue weighted by Gasteiger charge is 2.44. The van der Waals surface area contributed by atoms with Crippen molar-refractivity contribution in [3.8, 4) is 0 Å². The third-order valence-electron chi connectivity index (χ3n) is 4.35. The number of ether oxygens (including phenoxy) is 1. The first-order valence-corrected chi connectivity index (χ1v) is 7.94. The molecule has 0 spiro atoms. The van der Waals surface area contributed by atoms with Crippen LogP contribution in [0, 0.1) is 0 Å². The maximum Gasteiger partial charge on any atom is 0.0998 e. The van der Waals surface area contributed by atoms with Crippen LogP contribution in [0.15, 0.2) is 0 Å². The molecule has 0 aromatic carbocycles. The van der Waals surface area contributed by atoms with Gasteiger partial charge in [-0.25, -0.2) is 0 Å². The fraction of sp³-hybridized carbons (Fsp3) is 1.00. The number of nitrogens with zero attached hydrogens (tertiary/aromatic N) is 1. The summed E-state index contributed by atoms with van der Waals surface area (Å²) in [5, 5.41) is 18.7. The third-order valence-corrected chi connectivity index (χ3v) is 4.35. The van der Waals surface area contributed by atoms with Gasteiger partial charge in [-0.2, -0.15) is 0 Å². The Bertz CT molecular complexity index is 261. The summed E-state index contributed by atoms with van der Waals surface area (Å²) >= 11 is 0. The Kier molecular flexibility index (Phi) is 6.92. The Morgan fingerprint density at radius 2 is 1.55 bits per heavy atom. The minimum Gasteiger partial charge on any atom is -0.396 e. The summed E-state index contributed by atoms with van der Waals surface area (Å²) < 4.78 is 5.84. The molecule has 0 unspecified atom stereocenters. The molecular weight excluding hydrogens is 254 g/mol. The summed E-state index contributed by atoms with van der Waals surface area (Å²) in [7, 11) is 0. The second-order valence-electron chi connectivity index (χ2n) is 7.29. The topological polar surface area (TPSA) is 52.9 Å². The van der Waals surface area contributed by atoms with Gasteiger partial charge in [0.1, 0.15) is 0 Å². The minimum absolute atomic E-state index is 0.0297. The first-order valence-electron chi connectivity index (χ1n) is 7.94. The number of aliphatic hydroxyl groups is 2. The highest BCUT2D eigenvalue weighted by Crippen LogP contribution is 2.38. The van der Waals surface area contributed by atoms with Crippen molar-refractivity contribution in [2.75, 3.05) is 19.9 Å². The average Bonchev–Trinajstić information content (AvgIpc) is 2.28. The van der Waals surface area contributed by atoms with Gasteiger partial charge in [0.15, 0.2) is 0 Å². The number of piperidine rings is 1. The van der Waals surface area contributed by atoms with Gasteiger partial charge in [0.25, 0.3) is 0 Å². The molecule has 0 atom stereocenters. The SMILES string of the molecule is CC1(C)CC(O)CC(C)(C)N1COCCCCCCO. The average molecular weight is 287 g/mol. The standard InChI is InChI=1S/C16H33NO3/c1-15(2)11-14(19)12-16(3,4)17(15)13-20-10-8-6-5-7-9-18/h14,18-19H,5-13H2,1-4H3. The molecule has 0 aromatic heterocycles. The van der Waals surface area contributed by atoms with Crippen molar-refractivity contribution >= 4 is 0 Å². The highest BCUT2D eigenvalue weighted by molar-refractivity contribution is 4.99. The zero-order valence-electron chi connectivity index (χ0n) is 13.7. The van der Waals surface area contributed by atoms with E-state index in [1.165, 1.54) is 0 Å². The van der Waals surface area contributed by atoms with E-state index in [1.54, 1.807) is 0 Å². The second-order valence-corrected chi connectivity index (χ2v) is 7.29. The van der Waals surface area contributed by atoms with Crippen molar-refractivity contribution in [3.63, 3.8) is 0 Å². The lowest BCUT2D eigenvalue weighted by Gasteiger charge is -2.54. The molecule has 1 fully saturated rings. The predicted octanol–water partition coefficient (Wildman–Crippen LogP) is 2.53. The van der Waals surface area contributed by atoms with Crippen molar-refractivity contribution in [1.29, 1.82) is 0 Å². The van der Waals surface area contributed by atoms with Crippen molar-refractivity contribution in [2.24, 2.45) is 0 Å². The molecule has 1 rings (SSSR count). The maximum atomic E-state index is 10.0. The molecule has 20 heavy (non-hydrogen) atoms. The Morgan fingerprint density at radius 1 is 1.00 bits per heavy atom. The molecule has 2 N–H and O–H groups in total. The van der Waals surface area contributed by atoms with E-state index in [9.17, 15) is 5.11 Å². The summed E-state index contributed by atoms with van der Waals surface area (Å²) in [4.78, 5) is 2.38. The molecule has 0 saturated carbocycles. The van der Waals surface area contributed by atoms with Gasteiger partial charge in [-0.3, -0.25) is 4.90 Å². The van der Waals surface area contributed by atoms with Gasteiger partial charge in [0, 0.05) is 24.3 Å². The molecule has 0 aliphatic carbocycles. The van der Waals surface area contributed by atoms with Gasteiger partial charge in [0.2, 0.25) is 0 Å². The van der Waals surface area contributed by atoms with Crippen LogP contribution in [0.3, 0.4) is 0 Å². The van der Waals surface area contributed by atoms with Crippen molar-refractivity contribution in [2.45, 2.75) is 83.4 Å². The molecule has 1 aliphatic heterocycles. The maximum absolute atomic E-state index is 10.0. The molecule has 0 radical (unpaired) electrons. The molecule has 120 valence electrons. The molecule has 0 bridgehead atoms. The van der Waals surface area contributed by atoms with E-state index in [0.29, 0.717) is 13.3 Å². The monoisotopic (exact) mass is 287 g/mol. The van der Waals surface area contributed by atoms with Crippen LogP contribution in [0.1, 0.15) is 66.2 Å². The highest BCUT2D eigenvalue weighted by atomic mass is 16.5. The van der Waals surface area contributed by atoms with Gasteiger partial charge in [-0.1, -0.05) is 12.8 Å². The Morgan fingerprint density at radius 3 is 2.10 bits per heavy atom. The van der Waals surface area contributed by atoms with Gasteiger partial charge in [-0.05, 0) is 53.4 Å². The number of hydrogen-bond acceptors (Lipinski definition) is 4. The number of likely N-dealkylation sites (tertiary alicyclic amines) is 1. The number of rotatable bonds is 8. The quantitative estimate of drug-likeness (QED) is 0.674. The van der Waals surface area contributed by atoms with E-state index < -0.39 is 0 Å². The van der Waals surface area contributed by atoms with Crippen LogP contribution in [0.4, 0.5) is 0 Å². The smallest absolute Gasteiger partial charge is 0.0998 e. The summed E-state index contributed by atoms with van der Waals surface area (Å²) in [6, 6.07) is 0.